The van der Waals surface area contributed by atoms with Crippen LogP contribution < -0.4 is 5.73 Å². The Kier molecular flexibility index (Phi) is 3.89. The molecule has 3 saturated heterocycles. The summed E-state index contributed by atoms with van der Waals surface area (Å²) >= 11 is 0. The minimum Gasteiger partial charge on any atom is -0.329 e. The van der Waals surface area contributed by atoms with Crippen LogP contribution in [-0.2, 0) is 0 Å². The van der Waals surface area contributed by atoms with Crippen LogP contribution in [0.2, 0.25) is 0 Å². The minimum atomic E-state index is 0.308. The Bertz CT molecular complexity index is 319. The zero-order valence-electron chi connectivity index (χ0n) is 12.8. The first-order valence-electron chi connectivity index (χ1n) is 8.43. The second kappa shape index (κ2) is 5.34. The highest BCUT2D eigenvalue weighted by Gasteiger charge is 2.49. The maximum Gasteiger partial charge on any atom is 0.0364 e. The monoisotopic (exact) mass is 265 g/mol. The lowest BCUT2D eigenvalue weighted by Gasteiger charge is -2.52. The van der Waals surface area contributed by atoms with Gasteiger partial charge in [0.05, 0.1) is 0 Å². The molecule has 0 aromatic heterocycles. The molecule has 0 bridgehead atoms. The van der Waals surface area contributed by atoms with Gasteiger partial charge in [-0.1, -0.05) is 6.92 Å². The molecule has 3 heteroatoms. The lowest BCUT2D eigenvalue weighted by Crippen LogP contribution is -2.63. The summed E-state index contributed by atoms with van der Waals surface area (Å²) < 4.78 is 0. The van der Waals surface area contributed by atoms with Crippen molar-refractivity contribution in [2.24, 2.45) is 5.73 Å². The van der Waals surface area contributed by atoms with E-state index >= 15 is 0 Å². The van der Waals surface area contributed by atoms with Gasteiger partial charge in [0.25, 0.3) is 0 Å². The molecular weight excluding hydrogens is 234 g/mol. The number of rotatable bonds is 3. The average Bonchev–Trinajstić information content (AvgIpc) is 3.03. The molecule has 4 unspecified atom stereocenters. The van der Waals surface area contributed by atoms with Gasteiger partial charge >= 0.3 is 0 Å². The fourth-order valence-electron chi connectivity index (χ4n) is 5.17. The first kappa shape index (κ1) is 13.8. The van der Waals surface area contributed by atoms with E-state index in [4.69, 9.17) is 5.73 Å². The molecule has 0 saturated carbocycles. The van der Waals surface area contributed by atoms with Crippen molar-refractivity contribution in [3.63, 3.8) is 0 Å². The summed E-state index contributed by atoms with van der Waals surface area (Å²) in [6.07, 6.45) is 9.47. The third kappa shape index (κ3) is 2.24. The van der Waals surface area contributed by atoms with Gasteiger partial charge in [0.15, 0.2) is 0 Å². The Hall–Kier alpha value is -0.120. The maximum absolute atomic E-state index is 6.32. The van der Waals surface area contributed by atoms with Crippen LogP contribution >= 0.6 is 0 Å². The van der Waals surface area contributed by atoms with Crippen molar-refractivity contribution in [3.05, 3.63) is 0 Å². The second-order valence-electron chi connectivity index (χ2n) is 7.11. The third-order valence-corrected chi connectivity index (χ3v) is 6.16. The Morgan fingerprint density at radius 3 is 2.79 bits per heavy atom. The van der Waals surface area contributed by atoms with Crippen molar-refractivity contribution in [1.29, 1.82) is 0 Å². The van der Waals surface area contributed by atoms with E-state index < -0.39 is 0 Å². The maximum atomic E-state index is 6.32. The molecule has 19 heavy (non-hydrogen) atoms. The van der Waals surface area contributed by atoms with Gasteiger partial charge in [-0.25, -0.2) is 0 Å². The first-order valence-corrected chi connectivity index (χ1v) is 8.43. The van der Waals surface area contributed by atoms with Crippen LogP contribution in [0.4, 0.5) is 0 Å². The summed E-state index contributed by atoms with van der Waals surface area (Å²) in [6.45, 7) is 8.25. The predicted octanol–water partition coefficient (Wildman–Crippen LogP) is 2.21. The molecule has 3 aliphatic rings. The quantitative estimate of drug-likeness (QED) is 0.849. The van der Waals surface area contributed by atoms with Gasteiger partial charge in [-0.2, -0.15) is 0 Å². The van der Waals surface area contributed by atoms with Crippen LogP contribution in [0.3, 0.4) is 0 Å². The van der Waals surface area contributed by atoms with Crippen LogP contribution in [0.1, 0.15) is 58.8 Å². The molecule has 3 nitrogen and oxygen atoms in total. The van der Waals surface area contributed by atoms with E-state index in [1.165, 1.54) is 58.0 Å². The van der Waals surface area contributed by atoms with E-state index in [0.29, 0.717) is 5.54 Å². The number of fused-ring (bicyclic) bond motifs is 1. The molecule has 4 atom stereocenters. The largest absolute Gasteiger partial charge is 0.329 e. The minimum absolute atomic E-state index is 0.308. The van der Waals surface area contributed by atoms with E-state index in [9.17, 15) is 0 Å². The molecule has 2 N–H and O–H groups in total. The molecule has 0 aromatic rings. The normalized spacial score (nSPS) is 44.7. The molecule has 3 heterocycles. The molecule has 110 valence electrons. The molecule has 0 aliphatic carbocycles. The van der Waals surface area contributed by atoms with Crippen molar-refractivity contribution in [2.75, 3.05) is 19.6 Å². The lowest BCUT2D eigenvalue weighted by atomic mass is 9.80. The summed E-state index contributed by atoms with van der Waals surface area (Å²) in [4.78, 5) is 5.57. The van der Waals surface area contributed by atoms with Gasteiger partial charge in [0.1, 0.15) is 0 Å². The Morgan fingerprint density at radius 2 is 2.05 bits per heavy atom. The summed E-state index contributed by atoms with van der Waals surface area (Å²) in [7, 11) is 0. The number of hydrogen-bond donors (Lipinski definition) is 1. The smallest absolute Gasteiger partial charge is 0.0364 e. The van der Waals surface area contributed by atoms with Gasteiger partial charge in [-0.3, -0.25) is 4.90 Å². The van der Waals surface area contributed by atoms with Crippen molar-refractivity contribution < 1.29 is 0 Å². The van der Waals surface area contributed by atoms with E-state index in [1.54, 1.807) is 0 Å². The highest BCUT2D eigenvalue weighted by atomic mass is 15.3. The van der Waals surface area contributed by atoms with E-state index in [2.05, 4.69) is 23.6 Å². The van der Waals surface area contributed by atoms with Crippen molar-refractivity contribution in [2.45, 2.75) is 82.5 Å². The fourth-order valence-corrected chi connectivity index (χ4v) is 5.17. The average molecular weight is 265 g/mol. The summed E-state index contributed by atoms with van der Waals surface area (Å²) in [5, 5.41) is 0. The first-order chi connectivity index (χ1) is 9.20. The summed E-state index contributed by atoms with van der Waals surface area (Å²) in [5.41, 5.74) is 6.63. The van der Waals surface area contributed by atoms with E-state index in [1.807, 2.05) is 0 Å². The molecule has 0 radical (unpaired) electrons. The van der Waals surface area contributed by atoms with Gasteiger partial charge in [0.2, 0.25) is 0 Å². The van der Waals surface area contributed by atoms with Gasteiger partial charge in [-0.05, 0) is 58.4 Å². The summed E-state index contributed by atoms with van der Waals surface area (Å²) in [5.74, 6) is 0. The Labute approximate surface area is 118 Å². The predicted molar refractivity (Wildman–Crippen MR) is 80.2 cm³/mol. The number of hydrogen-bond acceptors (Lipinski definition) is 3. The topological polar surface area (TPSA) is 32.5 Å². The highest BCUT2D eigenvalue weighted by molar-refractivity contribution is 5.06. The highest BCUT2D eigenvalue weighted by Crippen LogP contribution is 2.42. The van der Waals surface area contributed by atoms with Crippen LogP contribution in [-0.4, -0.2) is 53.1 Å². The third-order valence-electron chi connectivity index (χ3n) is 6.16. The van der Waals surface area contributed by atoms with E-state index in [0.717, 1.165) is 24.7 Å². The van der Waals surface area contributed by atoms with Crippen molar-refractivity contribution in [1.82, 2.24) is 9.80 Å². The van der Waals surface area contributed by atoms with Crippen molar-refractivity contribution in [3.8, 4) is 0 Å². The second-order valence-corrected chi connectivity index (χ2v) is 7.11. The lowest BCUT2D eigenvalue weighted by molar-refractivity contribution is -0.0184. The van der Waals surface area contributed by atoms with Crippen molar-refractivity contribution >= 4 is 0 Å². The van der Waals surface area contributed by atoms with Crippen LogP contribution in [0.25, 0.3) is 0 Å². The molecular formula is C16H31N3. The Morgan fingerprint density at radius 1 is 1.21 bits per heavy atom. The Balaban J connectivity index is 1.82. The van der Waals surface area contributed by atoms with Gasteiger partial charge < -0.3 is 10.6 Å². The van der Waals surface area contributed by atoms with Crippen LogP contribution in [0.15, 0.2) is 0 Å². The van der Waals surface area contributed by atoms with Gasteiger partial charge in [0, 0.05) is 36.8 Å². The molecule has 3 fully saturated rings. The fraction of sp³-hybridized carbons (Fsp3) is 1.00. The molecule has 3 rings (SSSR count). The van der Waals surface area contributed by atoms with Crippen LogP contribution in [0, 0.1) is 0 Å². The SMILES string of the molecule is CCC1CCC(C)N1C1(CN)CCN2CCCC2C1. The number of likely N-dealkylation sites (tertiary alicyclic amines) is 1. The number of piperidine rings is 1. The van der Waals surface area contributed by atoms with Crippen LogP contribution in [0.5, 0.6) is 0 Å². The van der Waals surface area contributed by atoms with Gasteiger partial charge in [-0.15, -0.1) is 0 Å². The molecule has 3 aliphatic heterocycles. The summed E-state index contributed by atoms with van der Waals surface area (Å²) in [6, 6.07) is 2.34. The molecule has 0 amide bonds. The number of nitrogens with two attached hydrogens (primary N) is 1. The van der Waals surface area contributed by atoms with E-state index in [-0.39, 0.29) is 0 Å². The zero-order valence-corrected chi connectivity index (χ0v) is 12.8. The zero-order chi connectivity index (χ0) is 13.5. The standard InChI is InChI=1S/C16H31N3/c1-3-14-7-6-13(2)19(14)16(12-17)8-10-18-9-4-5-15(18)11-16/h13-15H,3-12,17H2,1-2H3. The number of nitrogens with zero attached hydrogens (tertiary/aromatic N) is 2. The molecule has 0 spiro atoms. The molecule has 0 aromatic carbocycles.